The molecule has 6 nitrogen and oxygen atoms in total. The second-order valence-corrected chi connectivity index (χ2v) is 7.21. The molecule has 0 aliphatic heterocycles. The highest BCUT2D eigenvalue weighted by molar-refractivity contribution is 7.14. The van der Waals surface area contributed by atoms with Crippen molar-refractivity contribution < 1.29 is 9.59 Å². The number of aryl methyl sites for hydroxylation is 1. The number of amides is 2. The molecule has 126 valence electrons. The van der Waals surface area contributed by atoms with Gasteiger partial charge in [-0.05, 0) is 42.9 Å². The van der Waals surface area contributed by atoms with E-state index in [1.165, 1.54) is 38.6 Å². The van der Waals surface area contributed by atoms with E-state index in [0.29, 0.717) is 10.8 Å². The average Bonchev–Trinajstić information content (AvgIpc) is 2.98. The number of carbonyl (C=O) groups excluding carboxylic acids is 2. The van der Waals surface area contributed by atoms with Crippen molar-refractivity contribution >= 4 is 23.2 Å². The van der Waals surface area contributed by atoms with Crippen molar-refractivity contribution in [3.05, 3.63) is 56.1 Å². The number of carbonyl (C=O) groups is 2. The fourth-order valence-electron chi connectivity index (χ4n) is 2.79. The average molecular weight is 345 g/mol. The van der Waals surface area contributed by atoms with Crippen LogP contribution in [0.15, 0.2) is 35.3 Å². The maximum atomic E-state index is 12.2. The van der Waals surface area contributed by atoms with Crippen LogP contribution in [0.1, 0.15) is 33.5 Å². The molecular weight excluding hydrogens is 326 g/mol. The molecule has 1 aliphatic carbocycles. The zero-order valence-electron chi connectivity index (χ0n) is 13.4. The van der Waals surface area contributed by atoms with Crippen molar-refractivity contribution in [2.45, 2.75) is 32.7 Å². The minimum absolute atomic E-state index is 0.140. The summed E-state index contributed by atoms with van der Waals surface area (Å²) in [4.78, 5) is 37.5. The number of nitrogens with zero attached hydrogens (tertiary/aromatic N) is 1. The first-order chi connectivity index (χ1) is 11.5. The Hall–Kier alpha value is -2.41. The van der Waals surface area contributed by atoms with Gasteiger partial charge in [0.1, 0.15) is 6.54 Å². The smallest absolute Gasteiger partial charge is 0.279 e. The van der Waals surface area contributed by atoms with Crippen LogP contribution in [0, 0.1) is 5.92 Å². The lowest BCUT2D eigenvalue weighted by Crippen LogP contribution is -2.43. The monoisotopic (exact) mass is 345 g/mol. The van der Waals surface area contributed by atoms with E-state index in [-0.39, 0.29) is 18.0 Å². The number of fused-ring (bicyclic) bond motifs is 1. The first-order valence-electron chi connectivity index (χ1n) is 7.89. The summed E-state index contributed by atoms with van der Waals surface area (Å²) in [5, 5.41) is 0. The summed E-state index contributed by atoms with van der Waals surface area (Å²) in [7, 11) is 0. The molecule has 2 amide bonds. The molecule has 7 heteroatoms. The summed E-state index contributed by atoms with van der Waals surface area (Å²) >= 11 is 1.49. The van der Waals surface area contributed by atoms with Crippen LogP contribution < -0.4 is 16.4 Å². The maximum absolute atomic E-state index is 12.2. The van der Waals surface area contributed by atoms with Crippen LogP contribution in [0.4, 0.5) is 0 Å². The number of pyridine rings is 1. The van der Waals surface area contributed by atoms with Gasteiger partial charge in [-0.15, -0.1) is 11.3 Å². The molecule has 0 saturated carbocycles. The number of thiophene rings is 1. The van der Waals surface area contributed by atoms with E-state index in [4.69, 9.17) is 0 Å². The van der Waals surface area contributed by atoms with Crippen molar-refractivity contribution in [1.82, 2.24) is 15.4 Å². The van der Waals surface area contributed by atoms with Gasteiger partial charge in [-0.1, -0.05) is 13.0 Å². The number of hydrazine groups is 1. The lowest BCUT2D eigenvalue weighted by atomic mass is 9.90. The standard InChI is InChI=1S/C17H19N3O3S/c1-11-5-6-13-12(8-11)9-14(24-13)17(23)19-18-15(21)10-20-7-3-2-4-16(20)22/h2-4,7,9,11H,5-6,8,10H2,1H3,(H,18,21)(H,19,23). The predicted molar refractivity (Wildman–Crippen MR) is 91.8 cm³/mol. The van der Waals surface area contributed by atoms with Gasteiger partial charge in [0.25, 0.3) is 17.4 Å². The maximum Gasteiger partial charge on any atom is 0.279 e. The quantitative estimate of drug-likeness (QED) is 0.827. The van der Waals surface area contributed by atoms with Gasteiger partial charge in [0, 0.05) is 17.1 Å². The zero-order valence-corrected chi connectivity index (χ0v) is 14.2. The van der Waals surface area contributed by atoms with Crippen molar-refractivity contribution in [2.24, 2.45) is 5.92 Å². The first-order valence-corrected chi connectivity index (χ1v) is 8.71. The Morgan fingerprint density at radius 3 is 2.96 bits per heavy atom. The van der Waals surface area contributed by atoms with Crippen LogP contribution in [0.3, 0.4) is 0 Å². The number of nitrogens with one attached hydrogen (secondary N) is 2. The summed E-state index contributed by atoms with van der Waals surface area (Å²) in [5.74, 6) is -0.130. The Kier molecular flexibility index (Phi) is 4.80. The van der Waals surface area contributed by atoms with Crippen LogP contribution in [-0.4, -0.2) is 16.4 Å². The van der Waals surface area contributed by atoms with E-state index in [2.05, 4.69) is 17.8 Å². The normalized spacial score (nSPS) is 16.3. The van der Waals surface area contributed by atoms with Crippen molar-refractivity contribution in [3.8, 4) is 0 Å². The van der Waals surface area contributed by atoms with Crippen LogP contribution >= 0.6 is 11.3 Å². The topological polar surface area (TPSA) is 80.2 Å². The highest BCUT2D eigenvalue weighted by Crippen LogP contribution is 2.31. The van der Waals surface area contributed by atoms with Gasteiger partial charge in [0.05, 0.1) is 4.88 Å². The molecular formula is C17H19N3O3S. The van der Waals surface area contributed by atoms with Gasteiger partial charge in [-0.25, -0.2) is 0 Å². The van der Waals surface area contributed by atoms with Crippen molar-refractivity contribution in [1.29, 1.82) is 0 Å². The third kappa shape index (κ3) is 3.73. The summed E-state index contributed by atoms with van der Waals surface area (Å²) in [6.45, 7) is 2.07. The first kappa shape index (κ1) is 16.4. The molecule has 2 aromatic heterocycles. The Balaban J connectivity index is 1.57. The lowest BCUT2D eigenvalue weighted by molar-refractivity contribution is -0.122. The highest BCUT2D eigenvalue weighted by atomic mass is 32.1. The van der Waals surface area contributed by atoms with Gasteiger partial charge < -0.3 is 4.57 Å². The lowest BCUT2D eigenvalue weighted by Gasteiger charge is -2.16. The minimum Gasteiger partial charge on any atom is -0.306 e. The van der Waals surface area contributed by atoms with E-state index in [9.17, 15) is 14.4 Å². The number of rotatable bonds is 3. The largest absolute Gasteiger partial charge is 0.306 e. The van der Waals surface area contributed by atoms with Gasteiger partial charge in [-0.3, -0.25) is 25.2 Å². The summed E-state index contributed by atoms with van der Waals surface area (Å²) in [6.07, 6.45) is 4.69. The third-order valence-electron chi connectivity index (χ3n) is 4.08. The number of aromatic nitrogens is 1. The van der Waals surface area contributed by atoms with E-state index in [0.717, 1.165) is 19.3 Å². The molecule has 0 bridgehead atoms. The Morgan fingerprint density at radius 1 is 1.33 bits per heavy atom. The van der Waals surface area contributed by atoms with Gasteiger partial charge in [0.2, 0.25) is 0 Å². The molecule has 0 fully saturated rings. The molecule has 0 spiro atoms. The van der Waals surface area contributed by atoms with Crippen LogP contribution in [0.2, 0.25) is 0 Å². The molecule has 3 rings (SSSR count). The molecule has 1 aliphatic rings. The fourth-order valence-corrected chi connectivity index (χ4v) is 3.89. The van der Waals surface area contributed by atoms with E-state index < -0.39 is 5.91 Å². The summed E-state index contributed by atoms with van der Waals surface area (Å²) in [6, 6.07) is 6.57. The number of hydrogen-bond acceptors (Lipinski definition) is 4. The third-order valence-corrected chi connectivity index (χ3v) is 5.32. The van der Waals surface area contributed by atoms with E-state index in [1.807, 2.05) is 6.07 Å². The summed E-state index contributed by atoms with van der Waals surface area (Å²) in [5.41, 5.74) is 5.75. The zero-order chi connectivity index (χ0) is 17.1. The molecule has 1 unspecified atom stereocenters. The molecule has 2 aromatic rings. The van der Waals surface area contributed by atoms with Crippen molar-refractivity contribution in [3.63, 3.8) is 0 Å². The molecule has 1 atom stereocenters. The van der Waals surface area contributed by atoms with Crippen LogP contribution in [0.5, 0.6) is 0 Å². The van der Waals surface area contributed by atoms with Crippen LogP contribution in [0.25, 0.3) is 0 Å². The molecule has 0 aromatic carbocycles. The fraction of sp³-hybridized carbons (Fsp3) is 0.353. The number of hydrogen-bond donors (Lipinski definition) is 2. The Labute approximate surface area is 143 Å². The van der Waals surface area contributed by atoms with Crippen LogP contribution in [-0.2, 0) is 24.2 Å². The Bertz CT molecular complexity index is 824. The second-order valence-electron chi connectivity index (χ2n) is 6.08. The van der Waals surface area contributed by atoms with Gasteiger partial charge in [0.15, 0.2) is 0 Å². The predicted octanol–water partition coefficient (Wildman–Crippen LogP) is 1.50. The Morgan fingerprint density at radius 2 is 2.17 bits per heavy atom. The van der Waals surface area contributed by atoms with Gasteiger partial charge in [-0.2, -0.15) is 0 Å². The van der Waals surface area contributed by atoms with Gasteiger partial charge >= 0.3 is 0 Å². The molecule has 0 radical (unpaired) electrons. The highest BCUT2D eigenvalue weighted by Gasteiger charge is 2.20. The summed E-state index contributed by atoms with van der Waals surface area (Å²) < 4.78 is 1.27. The molecule has 24 heavy (non-hydrogen) atoms. The molecule has 2 N–H and O–H groups in total. The molecule has 2 heterocycles. The van der Waals surface area contributed by atoms with E-state index in [1.54, 1.807) is 12.1 Å². The van der Waals surface area contributed by atoms with E-state index >= 15 is 0 Å². The van der Waals surface area contributed by atoms with Crippen molar-refractivity contribution in [2.75, 3.05) is 0 Å². The minimum atomic E-state index is -0.452. The second kappa shape index (κ2) is 7.00. The SMILES string of the molecule is CC1CCc2sc(C(=O)NNC(=O)Cn3ccccc3=O)cc2C1. The molecule has 0 saturated heterocycles.